The summed E-state index contributed by atoms with van der Waals surface area (Å²) in [6, 6.07) is 3.26. The summed E-state index contributed by atoms with van der Waals surface area (Å²) in [5.74, 6) is 1.31. The summed E-state index contributed by atoms with van der Waals surface area (Å²) >= 11 is 3.40. The van der Waals surface area contributed by atoms with Gasteiger partial charge in [0.15, 0.2) is 11.5 Å². The number of hydrogen-bond acceptors (Lipinski definition) is 4. The Morgan fingerprint density at radius 3 is 2.75 bits per heavy atom. The summed E-state index contributed by atoms with van der Waals surface area (Å²) in [5, 5.41) is 5.51. The van der Waals surface area contributed by atoms with E-state index in [0.29, 0.717) is 43.6 Å². The van der Waals surface area contributed by atoms with Crippen LogP contribution >= 0.6 is 15.9 Å². The van der Waals surface area contributed by atoms with Crippen molar-refractivity contribution in [1.29, 1.82) is 0 Å². The van der Waals surface area contributed by atoms with Crippen LogP contribution in [0, 0.1) is 0 Å². The van der Waals surface area contributed by atoms with Gasteiger partial charge in [0.25, 0.3) is 0 Å². The Labute approximate surface area is 125 Å². The van der Waals surface area contributed by atoms with E-state index in [1.165, 1.54) is 0 Å². The zero-order chi connectivity index (χ0) is 14.4. The lowest BCUT2D eigenvalue weighted by Gasteiger charge is -2.20. The number of benzene rings is 1. The van der Waals surface area contributed by atoms with Crippen molar-refractivity contribution in [3.63, 3.8) is 0 Å². The average Bonchev–Trinajstić information content (AvgIpc) is 2.44. The largest absolute Gasteiger partial charge is 0.486 e. The van der Waals surface area contributed by atoms with Crippen molar-refractivity contribution in [2.75, 3.05) is 38.8 Å². The molecule has 1 heterocycles. The van der Waals surface area contributed by atoms with Crippen LogP contribution in [0.25, 0.3) is 0 Å². The minimum Gasteiger partial charge on any atom is -0.486 e. The maximum absolute atomic E-state index is 11.7. The Kier molecular flexibility index (Phi) is 5.49. The molecule has 0 saturated heterocycles. The van der Waals surface area contributed by atoms with Crippen molar-refractivity contribution in [1.82, 2.24) is 5.32 Å². The molecule has 2 N–H and O–H groups in total. The van der Waals surface area contributed by atoms with Crippen molar-refractivity contribution in [2.45, 2.75) is 6.42 Å². The third kappa shape index (κ3) is 4.01. The van der Waals surface area contributed by atoms with Gasteiger partial charge in [-0.05, 0) is 22.4 Å². The number of nitrogens with one attached hydrogen (secondary N) is 2. The molecule has 0 fully saturated rings. The molecule has 0 saturated carbocycles. The lowest BCUT2D eigenvalue weighted by molar-refractivity contribution is 0.171. The standard InChI is InChI=1S/C13H17BrN2O4/c1-18-4-2-3-15-13(17)16-10-8-12-11(7-9(10)14)19-5-6-20-12/h7-8H,2-6H2,1H3,(H2,15,16,17). The van der Waals surface area contributed by atoms with E-state index in [2.05, 4.69) is 26.6 Å². The van der Waals surface area contributed by atoms with Crippen LogP contribution in [0.15, 0.2) is 16.6 Å². The first-order valence-corrected chi connectivity index (χ1v) is 7.13. The van der Waals surface area contributed by atoms with Crippen LogP contribution in [-0.2, 0) is 4.74 Å². The van der Waals surface area contributed by atoms with Gasteiger partial charge in [0.1, 0.15) is 13.2 Å². The second-order valence-corrected chi connectivity index (χ2v) is 5.06. The smallest absolute Gasteiger partial charge is 0.319 e. The predicted octanol–water partition coefficient (Wildman–Crippen LogP) is 2.38. The number of fused-ring (bicyclic) bond motifs is 1. The number of halogens is 1. The third-order valence-electron chi connectivity index (χ3n) is 2.69. The minimum absolute atomic E-state index is 0.265. The average molecular weight is 345 g/mol. The van der Waals surface area contributed by atoms with Crippen LogP contribution in [0.4, 0.5) is 10.5 Å². The molecule has 20 heavy (non-hydrogen) atoms. The third-order valence-corrected chi connectivity index (χ3v) is 3.35. The highest BCUT2D eigenvalue weighted by Crippen LogP contribution is 2.38. The number of carbonyl (C=O) groups excluding carboxylic acids is 1. The van der Waals surface area contributed by atoms with Crippen molar-refractivity contribution >= 4 is 27.6 Å². The number of hydrogen-bond donors (Lipinski definition) is 2. The highest BCUT2D eigenvalue weighted by molar-refractivity contribution is 9.10. The van der Waals surface area contributed by atoms with Crippen LogP contribution in [0.1, 0.15) is 6.42 Å². The molecule has 0 aliphatic carbocycles. The summed E-state index contributed by atoms with van der Waals surface area (Å²) in [5.41, 5.74) is 0.637. The number of anilines is 1. The van der Waals surface area contributed by atoms with Crippen LogP contribution in [-0.4, -0.2) is 39.5 Å². The summed E-state index contributed by atoms with van der Waals surface area (Å²) in [6.45, 7) is 2.22. The SMILES string of the molecule is COCCCNC(=O)Nc1cc2c(cc1Br)OCCO2. The van der Waals surface area contributed by atoms with Gasteiger partial charge in [-0.2, -0.15) is 0 Å². The normalized spacial score (nSPS) is 12.9. The van der Waals surface area contributed by atoms with Gasteiger partial charge in [0.2, 0.25) is 0 Å². The molecule has 0 radical (unpaired) electrons. The zero-order valence-corrected chi connectivity index (χ0v) is 12.8. The number of rotatable bonds is 5. The maximum atomic E-state index is 11.7. The molecule has 2 amide bonds. The molecule has 1 aliphatic rings. The Morgan fingerprint density at radius 2 is 2.05 bits per heavy atom. The Balaban J connectivity index is 1.93. The first-order chi connectivity index (χ1) is 9.70. The molecule has 0 aromatic heterocycles. The van der Waals surface area contributed by atoms with Gasteiger partial charge in [0.05, 0.1) is 5.69 Å². The lowest BCUT2D eigenvalue weighted by Crippen LogP contribution is -2.30. The van der Waals surface area contributed by atoms with Crippen LogP contribution in [0.3, 0.4) is 0 Å². The van der Waals surface area contributed by atoms with Gasteiger partial charge >= 0.3 is 6.03 Å². The molecule has 7 heteroatoms. The highest BCUT2D eigenvalue weighted by Gasteiger charge is 2.15. The number of methoxy groups -OCH3 is 1. The van der Waals surface area contributed by atoms with Crippen molar-refractivity contribution < 1.29 is 19.0 Å². The van der Waals surface area contributed by atoms with E-state index in [4.69, 9.17) is 14.2 Å². The first kappa shape index (κ1) is 14.9. The summed E-state index contributed by atoms with van der Waals surface area (Å²) in [7, 11) is 1.63. The van der Waals surface area contributed by atoms with E-state index in [9.17, 15) is 4.79 Å². The number of carbonyl (C=O) groups is 1. The molecular formula is C13H17BrN2O4. The monoisotopic (exact) mass is 344 g/mol. The molecule has 0 atom stereocenters. The summed E-state index contributed by atoms with van der Waals surface area (Å²) in [6.07, 6.45) is 0.770. The van der Waals surface area contributed by atoms with Gasteiger partial charge in [0, 0.05) is 36.9 Å². The second kappa shape index (κ2) is 7.35. The predicted molar refractivity (Wildman–Crippen MR) is 78.6 cm³/mol. The molecule has 1 aromatic carbocycles. The fourth-order valence-corrected chi connectivity index (χ4v) is 2.17. The Bertz CT molecular complexity index is 482. The molecular weight excluding hydrogens is 328 g/mol. The fraction of sp³-hybridized carbons (Fsp3) is 0.462. The van der Waals surface area contributed by atoms with Crippen molar-refractivity contribution in [3.8, 4) is 11.5 Å². The molecule has 1 aromatic rings. The molecule has 6 nitrogen and oxygen atoms in total. The highest BCUT2D eigenvalue weighted by atomic mass is 79.9. The summed E-state index contributed by atoms with van der Waals surface area (Å²) < 4.78 is 16.6. The van der Waals surface area contributed by atoms with Gasteiger partial charge in [-0.3, -0.25) is 0 Å². The van der Waals surface area contributed by atoms with Gasteiger partial charge < -0.3 is 24.8 Å². The van der Waals surface area contributed by atoms with E-state index in [1.54, 1.807) is 19.2 Å². The van der Waals surface area contributed by atoms with E-state index < -0.39 is 0 Å². The van der Waals surface area contributed by atoms with Crippen molar-refractivity contribution in [2.24, 2.45) is 0 Å². The molecule has 2 rings (SSSR count). The van der Waals surface area contributed by atoms with Gasteiger partial charge in [-0.25, -0.2) is 4.79 Å². The fourth-order valence-electron chi connectivity index (χ4n) is 1.74. The maximum Gasteiger partial charge on any atom is 0.319 e. The topological polar surface area (TPSA) is 68.8 Å². The van der Waals surface area contributed by atoms with E-state index in [0.717, 1.165) is 10.9 Å². The first-order valence-electron chi connectivity index (χ1n) is 6.33. The quantitative estimate of drug-likeness (QED) is 0.804. The van der Waals surface area contributed by atoms with E-state index in [1.807, 2.05) is 0 Å². The Hall–Kier alpha value is -1.47. The Morgan fingerprint density at radius 1 is 1.35 bits per heavy atom. The van der Waals surface area contributed by atoms with Crippen molar-refractivity contribution in [3.05, 3.63) is 16.6 Å². The van der Waals surface area contributed by atoms with Gasteiger partial charge in [-0.15, -0.1) is 0 Å². The minimum atomic E-state index is -0.265. The van der Waals surface area contributed by atoms with Crippen LogP contribution in [0.5, 0.6) is 11.5 Å². The second-order valence-electron chi connectivity index (χ2n) is 4.20. The summed E-state index contributed by atoms with van der Waals surface area (Å²) in [4.78, 5) is 11.7. The number of urea groups is 1. The van der Waals surface area contributed by atoms with Crippen LogP contribution in [0.2, 0.25) is 0 Å². The molecule has 0 unspecified atom stereocenters. The molecule has 1 aliphatic heterocycles. The van der Waals surface area contributed by atoms with E-state index >= 15 is 0 Å². The number of ether oxygens (including phenoxy) is 3. The number of amides is 2. The molecule has 0 spiro atoms. The molecule has 0 bridgehead atoms. The van der Waals surface area contributed by atoms with E-state index in [-0.39, 0.29) is 6.03 Å². The van der Waals surface area contributed by atoms with Crippen LogP contribution < -0.4 is 20.1 Å². The zero-order valence-electron chi connectivity index (χ0n) is 11.2. The molecule has 110 valence electrons. The lowest BCUT2D eigenvalue weighted by atomic mass is 10.2. The van der Waals surface area contributed by atoms with Gasteiger partial charge in [-0.1, -0.05) is 0 Å².